The summed E-state index contributed by atoms with van der Waals surface area (Å²) in [6.07, 6.45) is 0. The minimum atomic E-state index is 0.00471. The number of hydrogen-bond acceptors (Lipinski definition) is 5. The normalized spacial score (nSPS) is 10.2. The van der Waals surface area contributed by atoms with Gasteiger partial charge in [0.05, 0.1) is 11.6 Å². The molecule has 1 aromatic heterocycles. The second-order valence-electron chi connectivity index (χ2n) is 3.05. The molecule has 0 aliphatic rings. The highest BCUT2D eigenvalue weighted by Crippen LogP contribution is 2.31. The Morgan fingerprint density at radius 2 is 1.83 bits per heavy atom. The molecule has 0 saturated carbocycles. The molecular formula is C10H6Br2ClN3O2. The predicted octanol–water partition coefficient (Wildman–Crippen LogP) is 3.85. The van der Waals surface area contributed by atoms with Gasteiger partial charge in [-0.15, -0.1) is 4.98 Å². The fourth-order valence-electron chi connectivity index (χ4n) is 1.11. The van der Waals surface area contributed by atoms with Crippen LogP contribution in [-0.4, -0.2) is 22.1 Å². The summed E-state index contributed by atoms with van der Waals surface area (Å²) < 4.78 is 12.1. The molecule has 94 valence electrons. The van der Waals surface area contributed by atoms with Crippen LogP contribution in [0.1, 0.15) is 0 Å². The minimum Gasteiger partial charge on any atom is -0.467 e. The quantitative estimate of drug-likeness (QED) is 0.790. The van der Waals surface area contributed by atoms with Crippen LogP contribution in [0.15, 0.2) is 27.1 Å². The molecule has 5 nitrogen and oxygen atoms in total. The Bertz CT molecular complexity index is 583. The molecule has 0 bridgehead atoms. The van der Waals surface area contributed by atoms with E-state index in [4.69, 9.17) is 21.1 Å². The Balaban J connectivity index is 2.30. The maximum Gasteiger partial charge on any atom is 0.329 e. The molecule has 0 saturated heterocycles. The third-order valence-electron chi connectivity index (χ3n) is 1.84. The summed E-state index contributed by atoms with van der Waals surface area (Å²) in [6.45, 7) is 0. The first-order chi connectivity index (χ1) is 8.58. The molecule has 0 amide bonds. The van der Waals surface area contributed by atoms with E-state index in [1.807, 2.05) is 12.1 Å². The molecule has 0 aliphatic carbocycles. The molecule has 0 radical (unpaired) electrons. The Kier molecular flexibility index (Phi) is 4.36. The highest BCUT2D eigenvalue weighted by atomic mass is 79.9. The standard InChI is InChI=1S/C10H6Br2ClN3O2/c1-17-9-14-8(13)15-10(16-9)18-7-3-2-5(11)4-6(7)12/h2-4H,1H3. The first-order valence-electron chi connectivity index (χ1n) is 4.67. The van der Waals surface area contributed by atoms with Gasteiger partial charge in [-0.25, -0.2) is 0 Å². The fraction of sp³-hybridized carbons (Fsp3) is 0.100. The van der Waals surface area contributed by atoms with Crippen LogP contribution in [0, 0.1) is 0 Å². The van der Waals surface area contributed by atoms with Crippen molar-refractivity contribution in [3.8, 4) is 17.8 Å². The summed E-state index contributed by atoms with van der Waals surface area (Å²) in [5.74, 6) is 0.558. The third kappa shape index (κ3) is 3.30. The van der Waals surface area contributed by atoms with Gasteiger partial charge in [-0.1, -0.05) is 15.9 Å². The van der Waals surface area contributed by atoms with E-state index in [0.717, 1.165) is 8.95 Å². The highest BCUT2D eigenvalue weighted by molar-refractivity contribution is 9.11. The Morgan fingerprint density at radius 1 is 1.11 bits per heavy atom. The second-order valence-corrected chi connectivity index (χ2v) is 5.16. The van der Waals surface area contributed by atoms with E-state index in [9.17, 15) is 0 Å². The van der Waals surface area contributed by atoms with Gasteiger partial charge in [-0.2, -0.15) is 9.97 Å². The molecule has 2 rings (SSSR count). The zero-order valence-corrected chi connectivity index (χ0v) is 13.0. The number of hydrogen-bond donors (Lipinski definition) is 0. The van der Waals surface area contributed by atoms with Crippen LogP contribution in [0.4, 0.5) is 0 Å². The Hall–Kier alpha value is -0.920. The molecule has 0 unspecified atom stereocenters. The van der Waals surface area contributed by atoms with Crippen LogP contribution in [0.25, 0.3) is 0 Å². The highest BCUT2D eigenvalue weighted by Gasteiger charge is 2.09. The average molecular weight is 395 g/mol. The monoisotopic (exact) mass is 393 g/mol. The van der Waals surface area contributed by atoms with Crippen molar-refractivity contribution in [1.82, 2.24) is 15.0 Å². The molecule has 0 fully saturated rings. The van der Waals surface area contributed by atoms with Crippen molar-refractivity contribution in [3.05, 3.63) is 32.4 Å². The van der Waals surface area contributed by atoms with E-state index >= 15 is 0 Å². The molecule has 2 aromatic rings. The molecule has 0 N–H and O–H groups in total. The summed E-state index contributed by atoms with van der Waals surface area (Å²) >= 11 is 12.4. The van der Waals surface area contributed by atoms with Crippen molar-refractivity contribution in [2.75, 3.05) is 7.11 Å². The molecule has 18 heavy (non-hydrogen) atoms. The van der Waals surface area contributed by atoms with Gasteiger partial charge in [0.25, 0.3) is 0 Å². The lowest BCUT2D eigenvalue weighted by molar-refractivity contribution is 0.358. The number of aromatic nitrogens is 3. The van der Waals surface area contributed by atoms with Crippen LogP contribution < -0.4 is 9.47 Å². The minimum absolute atomic E-state index is 0.00471. The second kappa shape index (κ2) is 5.81. The summed E-state index contributed by atoms with van der Waals surface area (Å²) in [5, 5.41) is 0.00471. The molecule has 1 aromatic carbocycles. The zero-order chi connectivity index (χ0) is 13.1. The van der Waals surface area contributed by atoms with Crippen molar-refractivity contribution in [2.45, 2.75) is 0 Å². The van der Waals surface area contributed by atoms with Crippen LogP contribution in [0.3, 0.4) is 0 Å². The molecule has 8 heteroatoms. The van der Waals surface area contributed by atoms with E-state index in [-0.39, 0.29) is 17.3 Å². The van der Waals surface area contributed by atoms with Gasteiger partial charge in [0.2, 0.25) is 5.28 Å². The van der Waals surface area contributed by atoms with Gasteiger partial charge >= 0.3 is 12.0 Å². The lowest BCUT2D eigenvalue weighted by Gasteiger charge is -2.07. The first kappa shape index (κ1) is 13.5. The Morgan fingerprint density at radius 3 is 2.50 bits per heavy atom. The van der Waals surface area contributed by atoms with Crippen molar-refractivity contribution in [3.63, 3.8) is 0 Å². The lowest BCUT2D eigenvalue weighted by Crippen LogP contribution is -1.98. The van der Waals surface area contributed by atoms with Crippen molar-refractivity contribution in [1.29, 1.82) is 0 Å². The summed E-state index contributed by atoms with van der Waals surface area (Å²) in [7, 11) is 1.44. The third-order valence-corrected chi connectivity index (χ3v) is 3.13. The van der Waals surface area contributed by atoms with Crippen LogP contribution >= 0.6 is 43.5 Å². The number of benzene rings is 1. The van der Waals surface area contributed by atoms with Gasteiger partial charge in [0, 0.05) is 4.47 Å². The van der Waals surface area contributed by atoms with E-state index in [2.05, 4.69) is 46.8 Å². The summed E-state index contributed by atoms with van der Waals surface area (Å²) in [4.78, 5) is 11.5. The molecule has 0 atom stereocenters. The van der Waals surface area contributed by atoms with Gasteiger partial charge in [-0.05, 0) is 45.7 Å². The SMILES string of the molecule is COc1nc(Cl)nc(Oc2ccc(Br)cc2Br)n1. The Labute approximate surface area is 125 Å². The number of methoxy groups -OCH3 is 1. The van der Waals surface area contributed by atoms with Crippen molar-refractivity contribution in [2.24, 2.45) is 0 Å². The van der Waals surface area contributed by atoms with E-state index in [1.54, 1.807) is 6.07 Å². The molecule has 0 aliphatic heterocycles. The van der Waals surface area contributed by atoms with Crippen molar-refractivity contribution >= 4 is 43.5 Å². The summed E-state index contributed by atoms with van der Waals surface area (Å²) in [5.41, 5.74) is 0. The van der Waals surface area contributed by atoms with Crippen LogP contribution in [0.5, 0.6) is 17.8 Å². The van der Waals surface area contributed by atoms with E-state index < -0.39 is 0 Å². The molecule has 0 spiro atoms. The van der Waals surface area contributed by atoms with E-state index in [0.29, 0.717) is 5.75 Å². The number of rotatable bonds is 3. The summed E-state index contributed by atoms with van der Waals surface area (Å²) in [6, 6.07) is 5.60. The topological polar surface area (TPSA) is 57.1 Å². The van der Waals surface area contributed by atoms with Crippen LogP contribution in [0.2, 0.25) is 5.28 Å². The fourth-order valence-corrected chi connectivity index (χ4v) is 2.38. The van der Waals surface area contributed by atoms with Gasteiger partial charge in [0.1, 0.15) is 5.75 Å². The maximum atomic E-state index is 5.72. The van der Waals surface area contributed by atoms with Gasteiger partial charge < -0.3 is 9.47 Å². The first-order valence-corrected chi connectivity index (χ1v) is 6.63. The smallest absolute Gasteiger partial charge is 0.329 e. The number of halogens is 3. The average Bonchev–Trinajstić information content (AvgIpc) is 2.32. The van der Waals surface area contributed by atoms with Crippen LogP contribution in [-0.2, 0) is 0 Å². The van der Waals surface area contributed by atoms with E-state index in [1.165, 1.54) is 7.11 Å². The number of nitrogens with zero attached hydrogens (tertiary/aromatic N) is 3. The van der Waals surface area contributed by atoms with Gasteiger partial charge in [0.15, 0.2) is 0 Å². The zero-order valence-electron chi connectivity index (χ0n) is 9.02. The largest absolute Gasteiger partial charge is 0.467 e. The number of ether oxygens (including phenoxy) is 2. The maximum absolute atomic E-state index is 5.72. The molecular weight excluding hydrogens is 389 g/mol. The van der Waals surface area contributed by atoms with Gasteiger partial charge in [-0.3, -0.25) is 0 Å². The molecule has 1 heterocycles. The predicted molar refractivity (Wildman–Crippen MR) is 73.3 cm³/mol. The van der Waals surface area contributed by atoms with Crippen molar-refractivity contribution < 1.29 is 9.47 Å². The lowest BCUT2D eigenvalue weighted by atomic mass is 10.3.